The van der Waals surface area contributed by atoms with Crippen LogP contribution in [0.15, 0.2) is 77.7 Å². The summed E-state index contributed by atoms with van der Waals surface area (Å²) >= 11 is 12.0. The monoisotopic (exact) mass is 478 g/mol. The predicted octanol–water partition coefficient (Wildman–Crippen LogP) is 5.59. The quantitative estimate of drug-likeness (QED) is 0.441. The molecule has 162 valence electrons. The Labute approximate surface area is 191 Å². The van der Waals surface area contributed by atoms with Crippen molar-refractivity contribution >= 4 is 50.5 Å². The van der Waals surface area contributed by atoms with E-state index < -0.39 is 16.1 Å². The van der Waals surface area contributed by atoms with Crippen LogP contribution < -0.4 is 14.8 Å². The summed E-state index contributed by atoms with van der Waals surface area (Å²) < 4.78 is 33.3. The smallest absolute Gasteiger partial charge is 0.265 e. The van der Waals surface area contributed by atoms with Crippen molar-refractivity contribution in [1.29, 1.82) is 0 Å². The van der Waals surface area contributed by atoms with Crippen molar-refractivity contribution in [3.8, 4) is 5.75 Å². The summed E-state index contributed by atoms with van der Waals surface area (Å²) in [5.41, 5.74) is 0.723. The Morgan fingerprint density at radius 3 is 2.35 bits per heavy atom. The van der Waals surface area contributed by atoms with Gasteiger partial charge in [0.1, 0.15) is 5.75 Å². The fraction of sp³-hybridized carbons (Fsp3) is 0.136. The van der Waals surface area contributed by atoms with E-state index in [1.165, 1.54) is 24.3 Å². The maximum Gasteiger partial charge on any atom is 0.265 e. The molecule has 0 aliphatic rings. The van der Waals surface area contributed by atoms with Gasteiger partial charge in [-0.25, -0.2) is 8.42 Å². The number of benzene rings is 3. The normalized spacial score (nSPS) is 12.1. The maximum atomic E-state index is 12.6. The molecule has 1 atom stereocenters. The first-order valence-corrected chi connectivity index (χ1v) is 11.6. The molecule has 0 saturated heterocycles. The highest BCUT2D eigenvalue weighted by atomic mass is 35.5. The number of para-hydroxylation sites is 1. The summed E-state index contributed by atoms with van der Waals surface area (Å²) in [4.78, 5) is 12.6. The van der Waals surface area contributed by atoms with Crippen molar-refractivity contribution in [2.45, 2.75) is 24.3 Å². The minimum Gasteiger partial charge on any atom is -0.481 e. The molecule has 0 saturated carbocycles. The largest absolute Gasteiger partial charge is 0.481 e. The van der Waals surface area contributed by atoms with Gasteiger partial charge in [0.05, 0.1) is 15.6 Å². The summed E-state index contributed by atoms with van der Waals surface area (Å²) in [5.74, 6) is 0.133. The van der Waals surface area contributed by atoms with Crippen LogP contribution >= 0.6 is 23.2 Å². The number of halogens is 2. The number of anilines is 2. The average Bonchev–Trinajstić information content (AvgIpc) is 2.74. The maximum absolute atomic E-state index is 12.6. The molecule has 0 fully saturated rings. The fourth-order valence-corrected chi connectivity index (χ4v) is 4.21. The van der Waals surface area contributed by atoms with Gasteiger partial charge in [0, 0.05) is 10.7 Å². The molecular weight excluding hydrogens is 459 g/mol. The van der Waals surface area contributed by atoms with E-state index in [2.05, 4.69) is 10.0 Å². The summed E-state index contributed by atoms with van der Waals surface area (Å²) in [7, 11) is -3.83. The van der Waals surface area contributed by atoms with Crippen LogP contribution in [0.25, 0.3) is 0 Å². The molecule has 31 heavy (non-hydrogen) atoms. The SMILES string of the molecule is CC[C@@H](Oc1cccc(Cl)c1)C(=O)Nc1ccc(S(=O)(=O)Nc2ccccc2Cl)cc1. The van der Waals surface area contributed by atoms with E-state index >= 15 is 0 Å². The summed E-state index contributed by atoms with van der Waals surface area (Å²) in [6.07, 6.45) is -0.296. The number of sulfonamides is 1. The van der Waals surface area contributed by atoms with E-state index in [0.717, 1.165) is 0 Å². The number of carbonyl (C=O) groups excluding carboxylic acids is 1. The van der Waals surface area contributed by atoms with Gasteiger partial charge in [-0.1, -0.05) is 48.3 Å². The lowest BCUT2D eigenvalue weighted by Gasteiger charge is -2.17. The number of hydrogen-bond donors (Lipinski definition) is 2. The van der Waals surface area contributed by atoms with Gasteiger partial charge in [-0.05, 0) is 61.0 Å². The van der Waals surface area contributed by atoms with E-state index in [-0.39, 0.29) is 16.5 Å². The number of nitrogens with one attached hydrogen (secondary N) is 2. The molecule has 0 unspecified atom stereocenters. The molecule has 3 aromatic carbocycles. The lowest BCUT2D eigenvalue weighted by atomic mass is 10.2. The predicted molar refractivity (Wildman–Crippen MR) is 123 cm³/mol. The molecule has 3 aromatic rings. The third kappa shape index (κ3) is 6.13. The van der Waals surface area contributed by atoms with Gasteiger partial charge in [0.2, 0.25) is 0 Å². The molecule has 6 nitrogen and oxygen atoms in total. The van der Waals surface area contributed by atoms with Crippen LogP contribution in [-0.2, 0) is 14.8 Å². The van der Waals surface area contributed by atoms with Crippen LogP contribution in [0.1, 0.15) is 13.3 Å². The van der Waals surface area contributed by atoms with Gasteiger partial charge in [-0.3, -0.25) is 9.52 Å². The summed E-state index contributed by atoms with van der Waals surface area (Å²) in [6, 6.07) is 19.1. The standard InChI is InChI=1S/C22H20Cl2N2O4S/c1-2-21(30-17-7-5-6-15(23)14-17)22(27)25-16-10-12-18(13-11-16)31(28,29)26-20-9-4-3-8-19(20)24/h3-14,21,26H,2H2,1H3,(H,25,27)/t21-/m1/s1. The second-order valence-corrected chi connectivity index (χ2v) is 9.10. The van der Waals surface area contributed by atoms with Crippen molar-refractivity contribution in [2.75, 3.05) is 10.0 Å². The Hall–Kier alpha value is -2.74. The Morgan fingerprint density at radius 1 is 1.00 bits per heavy atom. The highest BCUT2D eigenvalue weighted by Crippen LogP contribution is 2.25. The molecule has 0 aromatic heterocycles. The van der Waals surface area contributed by atoms with Gasteiger partial charge < -0.3 is 10.1 Å². The zero-order valence-corrected chi connectivity index (χ0v) is 18.8. The van der Waals surface area contributed by atoms with E-state index in [9.17, 15) is 13.2 Å². The van der Waals surface area contributed by atoms with Crippen molar-refractivity contribution < 1.29 is 17.9 Å². The molecule has 3 rings (SSSR count). The van der Waals surface area contributed by atoms with Crippen LogP contribution in [0.4, 0.5) is 11.4 Å². The van der Waals surface area contributed by atoms with Crippen LogP contribution in [0.5, 0.6) is 5.75 Å². The Bertz CT molecular complexity index is 1170. The van der Waals surface area contributed by atoms with E-state index in [4.69, 9.17) is 27.9 Å². The first kappa shape index (κ1) is 22.9. The average molecular weight is 479 g/mol. The molecule has 0 aliphatic heterocycles. The number of rotatable bonds is 8. The first-order chi connectivity index (χ1) is 14.8. The third-order valence-corrected chi connectivity index (χ3v) is 6.23. The van der Waals surface area contributed by atoms with E-state index in [0.29, 0.717) is 27.9 Å². The van der Waals surface area contributed by atoms with Gasteiger partial charge in [-0.15, -0.1) is 0 Å². The lowest BCUT2D eigenvalue weighted by Crippen LogP contribution is -2.32. The molecule has 1 amide bonds. The Balaban J connectivity index is 1.67. The summed E-state index contributed by atoms with van der Waals surface area (Å²) in [6.45, 7) is 1.82. The highest BCUT2D eigenvalue weighted by Gasteiger charge is 2.20. The third-order valence-electron chi connectivity index (χ3n) is 4.29. The molecule has 2 N–H and O–H groups in total. The van der Waals surface area contributed by atoms with Gasteiger partial charge in [0.15, 0.2) is 6.10 Å². The zero-order valence-electron chi connectivity index (χ0n) is 16.5. The molecule has 0 bridgehead atoms. The zero-order chi connectivity index (χ0) is 22.4. The minimum atomic E-state index is -3.83. The second kappa shape index (κ2) is 10.0. The van der Waals surface area contributed by atoms with Crippen LogP contribution in [0.2, 0.25) is 10.0 Å². The highest BCUT2D eigenvalue weighted by molar-refractivity contribution is 7.92. The van der Waals surface area contributed by atoms with Crippen LogP contribution in [0, 0.1) is 0 Å². The fourth-order valence-electron chi connectivity index (χ4n) is 2.71. The van der Waals surface area contributed by atoms with E-state index in [1.807, 2.05) is 6.92 Å². The molecule has 0 heterocycles. The Kier molecular flexibility index (Phi) is 7.43. The van der Waals surface area contributed by atoms with E-state index in [1.54, 1.807) is 48.5 Å². The van der Waals surface area contributed by atoms with Crippen LogP contribution in [0.3, 0.4) is 0 Å². The Morgan fingerprint density at radius 2 is 1.71 bits per heavy atom. The van der Waals surface area contributed by atoms with Gasteiger partial charge in [-0.2, -0.15) is 0 Å². The molecular formula is C22H20Cl2N2O4S. The van der Waals surface area contributed by atoms with Crippen molar-refractivity contribution in [2.24, 2.45) is 0 Å². The lowest BCUT2D eigenvalue weighted by molar-refractivity contribution is -0.122. The molecule has 0 spiro atoms. The van der Waals surface area contributed by atoms with Crippen molar-refractivity contribution in [1.82, 2.24) is 0 Å². The molecule has 9 heteroatoms. The summed E-state index contributed by atoms with van der Waals surface area (Å²) in [5, 5.41) is 3.53. The number of carbonyl (C=O) groups is 1. The van der Waals surface area contributed by atoms with Gasteiger partial charge >= 0.3 is 0 Å². The topological polar surface area (TPSA) is 84.5 Å². The number of amides is 1. The minimum absolute atomic E-state index is 0.0348. The van der Waals surface area contributed by atoms with Gasteiger partial charge in [0.25, 0.3) is 15.9 Å². The molecule has 0 radical (unpaired) electrons. The number of ether oxygens (including phenoxy) is 1. The van der Waals surface area contributed by atoms with Crippen molar-refractivity contribution in [3.63, 3.8) is 0 Å². The first-order valence-electron chi connectivity index (χ1n) is 9.39. The second-order valence-electron chi connectivity index (χ2n) is 6.57. The number of hydrogen-bond acceptors (Lipinski definition) is 4. The van der Waals surface area contributed by atoms with Crippen LogP contribution in [-0.4, -0.2) is 20.4 Å². The van der Waals surface area contributed by atoms with Crippen molar-refractivity contribution in [3.05, 3.63) is 82.8 Å². The molecule has 0 aliphatic carbocycles.